The molecule has 0 aliphatic heterocycles. The van der Waals surface area contributed by atoms with Crippen molar-refractivity contribution in [2.75, 3.05) is 26.0 Å². The van der Waals surface area contributed by atoms with Gasteiger partial charge in [-0.05, 0) is 25.5 Å². The number of benzene rings is 1. The van der Waals surface area contributed by atoms with Crippen molar-refractivity contribution >= 4 is 11.6 Å². The zero-order valence-corrected chi connectivity index (χ0v) is 11.7. The van der Waals surface area contributed by atoms with Crippen LogP contribution in [0.1, 0.15) is 30.6 Å². The van der Waals surface area contributed by atoms with Gasteiger partial charge in [-0.3, -0.25) is 4.79 Å². The summed E-state index contributed by atoms with van der Waals surface area (Å²) in [6.07, 6.45) is 0.832. The van der Waals surface area contributed by atoms with E-state index >= 15 is 0 Å². The Morgan fingerprint density at radius 1 is 1.53 bits per heavy atom. The number of nitrogens with two attached hydrogens (primary N) is 1. The summed E-state index contributed by atoms with van der Waals surface area (Å²) in [6, 6.07) is 4.88. The fourth-order valence-corrected chi connectivity index (χ4v) is 1.82. The van der Waals surface area contributed by atoms with Crippen LogP contribution in [0, 0.1) is 0 Å². The zero-order valence-electron chi connectivity index (χ0n) is 11.7. The SMILES string of the molecule is CCC(C)N(CCOC)C(=O)c1cccc(N)c1O. The van der Waals surface area contributed by atoms with Crippen molar-refractivity contribution < 1.29 is 14.6 Å². The molecule has 0 heterocycles. The van der Waals surface area contributed by atoms with Crippen molar-refractivity contribution in [2.45, 2.75) is 26.3 Å². The lowest BCUT2D eigenvalue weighted by Crippen LogP contribution is -2.40. The molecule has 0 aliphatic rings. The van der Waals surface area contributed by atoms with Gasteiger partial charge in [-0.25, -0.2) is 0 Å². The summed E-state index contributed by atoms with van der Waals surface area (Å²) in [5, 5.41) is 9.89. The first-order valence-corrected chi connectivity index (χ1v) is 6.40. The van der Waals surface area contributed by atoms with E-state index in [1.807, 2.05) is 13.8 Å². The average Bonchev–Trinajstić information content (AvgIpc) is 2.41. The van der Waals surface area contributed by atoms with E-state index in [0.29, 0.717) is 13.2 Å². The van der Waals surface area contributed by atoms with E-state index in [1.54, 1.807) is 30.2 Å². The summed E-state index contributed by atoms with van der Waals surface area (Å²) in [6.45, 7) is 4.92. The van der Waals surface area contributed by atoms with Crippen LogP contribution in [-0.4, -0.2) is 42.2 Å². The van der Waals surface area contributed by atoms with Gasteiger partial charge in [0.25, 0.3) is 5.91 Å². The highest BCUT2D eigenvalue weighted by Crippen LogP contribution is 2.26. The molecular weight excluding hydrogens is 244 g/mol. The molecule has 0 fully saturated rings. The minimum absolute atomic E-state index is 0.0727. The molecule has 0 saturated heterocycles. The molecule has 1 rings (SSSR count). The first-order valence-electron chi connectivity index (χ1n) is 6.40. The first-order chi connectivity index (χ1) is 9.02. The predicted molar refractivity (Wildman–Crippen MR) is 75.2 cm³/mol. The number of ether oxygens (including phenoxy) is 1. The fourth-order valence-electron chi connectivity index (χ4n) is 1.82. The third kappa shape index (κ3) is 3.61. The quantitative estimate of drug-likeness (QED) is 0.608. The number of carbonyl (C=O) groups excluding carboxylic acids is 1. The topological polar surface area (TPSA) is 75.8 Å². The number of nitrogen functional groups attached to an aromatic ring is 1. The van der Waals surface area contributed by atoms with Gasteiger partial charge in [0.15, 0.2) is 5.75 Å². The Morgan fingerprint density at radius 2 is 2.21 bits per heavy atom. The maximum absolute atomic E-state index is 12.5. The van der Waals surface area contributed by atoms with Gasteiger partial charge < -0.3 is 20.5 Å². The predicted octanol–water partition coefficient (Wildman–Crippen LogP) is 1.86. The second-order valence-corrected chi connectivity index (χ2v) is 4.49. The summed E-state index contributed by atoms with van der Waals surface area (Å²) in [5.41, 5.74) is 6.06. The van der Waals surface area contributed by atoms with Crippen molar-refractivity contribution in [2.24, 2.45) is 0 Å². The van der Waals surface area contributed by atoms with E-state index in [1.165, 1.54) is 0 Å². The molecule has 0 bridgehead atoms. The lowest BCUT2D eigenvalue weighted by Gasteiger charge is -2.28. The van der Waals surface area contributed by atoms with Gasteiger partial charge in [0.1, 0.15) is 0 Å². The molecule has 19 heavy (non-hydrogen) atoms. The Kier molecular flexibility index (Phi) is 5.63. The van der Waals surface area contributed by atoms with Crippen molar-refractivity contribution in [3.63, 3.8) is 0 Å². The molecule has 0 spiro atoms. The maximum Gasteiger partial charge on any atom is 0.258 e. The maximum atomic E-state index is 12.5. The van der Waals surface area contributed by atoms with Crippen LogP contribution in [0.15, 0.2) is 18.2 Å². The molecule has 1 amide bonds. The molecule has 1 atom stereocenters. The van der Waals surface area contributed by atoms with Gasteiger partial charge in [-0.1, -0.05) is 13.0 Å². The van der Waals surface area contributed by atoms with Crippen LogP contribution in [0.25, 0.3) is 0 Å². The normalized spacial score (nSPS) is 12.2. The molecule has 106 valence electrons. The molecule has 3 N–H and O–H groups in total. The zero-order chi connectivity index (χ0) is 14.4. The first kappa shape index (κ1) is 15.3. The van der Waals surface area contributed by atoms with Crippen LogP contribution >= 0.6 is 0 Å². The molecule has 0 saturated carbocycles. The minimum Gasteiger partial charge on any atom is -0.505 e. The van der Waals surface area contributed by atoms with Crippen molar-refractivity contribution in [1.29, 1.82) is 0 Å². The summed E-state index contributed by atoms with van der Waals surface area (Å²) in [5.74, 6) is -0.380. The van der Waals surface area contributed by atoms with Gasteiger partial charge in [-0.2, -0.15) is 0 Å². The number of nitrogens with zero attached hydrogens (tertiary/aromatic N) is 1. The Labute approximate surface area is 114 Å². The summed E-state index contributed by atoms with van der Waals surface area (Å²) >= 11 is 0. The summed E-state index contributed by atoms with van der Waals surface area (Å²) in [4.78, 5) is 14.2. The van der Waals surface area contributed by atoms with Gasteiger partial charge in [-0.15, -0.1) is 0 Å². The Hall–Kier alpha value is -1.75. The van der Waals surface area contributed by atoms with E-state index in [-0.39, 0.29) is 28.9 Å². The van der Waals surface area contributed by atoms with Crippen LogP contribution in [0.4, 0.5) is 5.69 Å². The number of aromatic hydroxyl groups is 1. The van der Waals surface area contributed by atoms with Crippen molar-refractivity contribution in [3.8, 4) is 5.75 Å². The van der Waals surface area contributed by atoms with Gasteiger partial charge >= 0.3 is 0 Å². The van der Waals surface area contributed by atoms with Gasteiger partial charge in [0.05, 0.1) is 17.9 Å². The van der Waals surface area contributed by atoms with Crippen LogP contribution in [0.5, 0.6) is 5.75 Å². The minimum atomic E-state index is -0.226. The number of rotatable bonds is 6. The number of phenols is 1. The number of anilines is 1. The molecule has 1 aromatic carbocycles. The molecule has 0 radical (unpaired) electrons. The number of hydrogen-bond donors (Lipinski definition) is 2. The molecule has 1 unspecified atom stereocenters. The Bertz CT molecular complexity index is 435. The standard InChI is InChI=1S/C14H22N2O3/c1-4-10(2)16(8-9-19-3)14(18)11-6-5-7-12(15)13(11)17/h5-7,10,17H,4,8-9,15H2,1-3H3. The number of carbonyl (C=O) groups is 1. The van der Waals surface area contributed by atoms with Crippen LogP contribution < -0.4 is 5.73 Å². The molecule has 0 aromatic heterocycles. The Morgan fingerprint density at radius 3 is 2.79 bits per heavy atom. The number of phenolic OH excluding ortho intramolecular Hbond substituents is 1. The van der Waals surface area contributed by atoms with Gasteiger partial charge in [0, 0.05) is 19.7 Å². The largest absolute Gasteiger partial charge is 0.505 e. The third-order valence-electron chi connectivity index (χ3n) is 3.22. The lowest BCUT2D eigenvalue weighted by atomic mass is 10.1. The highest BCUT2D eigenvalue weighted by atomic mass is 16.5. The second kappa shape index (κ2) is 6.99. The molecular formula is C14H22N2O3. The average molecular weight is 266 g/mol. The number of para-hydroxylation sites is 1. The fraction of sp³-hybridized carbons (Fsp3) is 0.500. The lowest BCUT2D eigenvalue weighted by molar-refractivity contribution is 0.0611. The van der Waals surface area contributed by atoms with E-state index in [9.17, 15) is 9.90 Å². The monoisotopic (exact) mass is 266 g/mol. The third-order valence-corrected chi connectivity index (χ3v) is 3.22. The molecule has 5 heteroatoms. The van der Waals surface area contributed by atoms with Crippen molar-refractivity contribution in [3.05, 3.63) is 23.8 Å². The van der Waals surface area contributed by atoms with Crippen LogP contribution in [0.3, 0.4) is 0 Å². The number of methoxy groups -OCH3 is 1. The summed E-state index contributed by atoms with van der Waals surface area (Å²) < 4.78 is 5.03. The smallest absolute Gasteiger partial charge is 0.258 e. The summed E-state index contributed by atoms with van der Waals surface area (Å²) in [7, 11) is 1.59. The van der Waals surface area contributed by atoms with Gasteiger partial charge in [0.2, 0.25) is 0 Å². The molecule has 5 nitrogen and oxygen atoms in total. The van der Waals surface area contributed by atoms with E-state index in [2.05, 4.69) is 0 Å². The molecule has 0 aliphatic carbocycles. The van der Waals surface area contributed by atoms with Crippen LogP contribution in [0.2, 0.25) is 0 Å². The molecule has 1 aromatic rings. The number of amides is 1. The van der Waals surface area contributed by atoms with E-state index in [0.717, 1.165) is 6.42 Å². The van der Waals surface area contributed by atoms with Crippen molar-refractivity contribution in [1.82, 2.24) is 4.90 Å². The second-order valence-electron chi connectivity index (χ2n) is 4.49. The highest BCUT2D eigenvalue weighted by molar-refractivity contribution is 5.98. The van der Waals surface area contributed by atoms with E-state index < -0.39 is 0 Å². The number of hydrogen-bond acceptors (Lipinski definition) is 4. The van der Waals surface area contributed by atoms with E-state index in [4.69, 9.17) is 10.5 Å². The van der Waals surface area contributed by atoms with Crippen LogP contribution in [-0.2, 0) is 4.74 Å². The highest BCUT2D eigenvalue weighted by Gasteiger charge is 2.23. The Balaban J connectivity index is 3.01.